The number of halogens is 2. The average Bonchev–Trinajstić information content (AvgIpc) is 3.11. The predicted octanol–water partition coefficient (Wildman–Crippen LogP) is 4.76. The number of carbonyl (C=O) groups is 1. The van der Waals surface area contributed by atoms with Crippen molar-refractivity contribution < 1.29 is 9.18 Å². The maximum Gasteiger partial charge on any atom is 0.254 e. The Bertz CT molecular complexity index is 1060. The third kappa shape index (κ3) is 3.40. The van der Waals surface area contributed by atoms with E-state index in [0.29, 0.717) is 17.6 Å². The van der Waals surface area contributed by atoms with Crippen molar-refractivity contribution in [3.05, 3.63) is 59.9 Å². The summed E-state index contributed by atoms with van der Waals surface area (Å²) < 4.78 is 15.5. The van der Waals surface area contributed by atoms with Crippen molar-refractivity contribution in [3.8, 4) is 11.3 Å². The fourth-order valence-corrected chi connectivity index (χ4v) is 5.36. The van der Waals surface area contributed by atoms with Crippen molar-refractivity contribution in [3.63, 3.8) is 0 Å². The number of nitrogens with one attached hydrogen (secondary N) is 1. The average molecular weight is 428 g/mol. The highest BCUT2D eigenvalue weighted by Crippen LogP contribution is 2.36. The second-order valence-corrected chi connectivity index (χ2v) is 8.50. The molecule has 2 saturated heterocycles. The zero-order chi connectivity index (χ0) is 20.1. The number of aromatic nitrogens is 1. The molecule has 158 valence electrons. The lowest BCUT2D eigenvalue weighted by Crippen LogP contribution is -2.48. The first-order valence-corrected chi connectivity index (χ1v) is 10.4. The van der Waals surface area contributed by atoms with Crippen LogP contribution < -0.4 is 5.32 Å². The molecule has 0 aliphatic carbocycles. The number of benzene rings is 2. The smallest absolute Gasteiger partial charge is 0.254 e. The molecule has 6 heteroatoms. The van der Waals surface area contributed by atoms with Gasteiger partial charge in [0.05, 0.1) is 11.3 Å². The topological polar surface area (TPSA) is 37.3 Å². The van der Waals surface area contributed by atoms with Gasteiger partial charge in [-0.1, -0.05) is 18.2 Å². The van der Waals surface area contributed by atoms with E-state index in [-0.39, 0.29) is 30.2 Å². The molecule has 2 fully saturated rings. The predicted molar refractivity (Wildman–Crippen MR) is 121 cm³/mol. The number of hydrogen-bond donors (Lipinski definition) is 1. The van der Waals surface area contributed by atoms with E-state index in [1.807, 2.05) is 35.9 Å². The van der Waals surface area contributed by atoms with E-state index < -0.39 is 0 Å². The summed E-state index contributed by atoms with van der Waals surface area (Å²) in [6, 6.07) is 15.7. The SMILES string of the molecule is CN1[C@@H]2CC[C@H]1C[C@@H](NC(=O)c1c(-c3ccc(F)cc3)n(C)c3ccccc13)C2.Cl. The second-order valence-electron chi connectivity index (χ2n) is 8.50. The standard InChI is InChI=1S/C24H26FN3O.ClH/c1-27-18-11-12-19(27)14-17(13-18)26-24(29)22-20-5-3-4-6-21(20)28(2)23(22)15-7-9-16(25)10-8-15;/h3-10,17-19H,11-14H2,1-2H3,(H,26,29);1H/t17-,18+,19-;. The number of amides is 1. The zero-order valence-corrected chi connectivity index (χ0v) is 18.1. The van der Waals surface area contributed by atoms with Crippen LogP contribution in [-0.4, -0.2) is 40.5 Å². The minimum Gasteiger partial charge on any atom is -0.349 e. The van der Waals surface area contributed by atoms with Gasteiger partial charge in [0.15, 0.2) is 0 Å². The number of rotatable bonds is 3. The second kappa shape index (κ2) is 8.05. The summed E-state index contributed by atoms with van der Waals surface area (Å²) in [7, 11) is 4.17. The van der Waals surface area contributed by atoms with E-state index in [1.165, 1.54) is 25.0 Å². The van der Waals surface area contributed by atoms with Gasteiger partial charge < -0.3 is 14.8 Å². The van der Waals surface area contributed by atoms with Crippen molar-refractivity contribution in [2.75, 3.05) is 7.05 Å². The third-order valence-corrected chi connectivity index (χ3v) is 6.89. The van der Waals surface area contributed by atoms with Gasteiger partial charge in [0.1, 0.15) is 5.82 Å². The van der Waals surface area contributed by atoms with Gasteiger partial charge in [-0.15, -0.1) is 12.4 Å². The van der Waals surface area contributed by atoms with Crippen molar-refractivity contribution >= 4 is 29.2 Å². The van der Waals surface area contributed by atoms with Gasteiger partial charge in [-0.05, 0) is 68.6 Å². The summed E-state index contributed by atoms with van der Waals surface area (Å²) in [5, 5.41) is 4.26. The van der Waals surface area contributed by atoms with E-state index in [4.69, 9.17) is 0 Å². The Hall–Kier alpha value is -2.37. The van der Waals surface area contributed by atoms with Crippen LogP contribution in [-0.2, 0) is 7.05 Å². The number of fused-ring (bicyclic) bond motifs is 3. The fourth-order valence-electron chi connectivity index (χ4n) is 5.36. The molecule has 3 heterocycles. The number of piperidine rings is 1. The zero-order valence-electron chi connectivity index (χ0n) is 17.3. The monoisotopic (exact) mass is 427 g/mol. The summed E-state index contributed by atoms with van der Waals surface area (Å²) in [5.74, 6) is -0.310. The summed E-state index contributed by atoms with van der Waals surface area (Å²) in [6.45, 7) is 0. The number of para-hydroxylation sites is 1. The van der Waals surface area contributed by atoms with Crippen molar-refractivity contribution in [2.24, 2.45) is 7.05 Å². The Morgan fingerprint density at radius 3 is 2.30 bits per heavy atom. The van der Waals surface area contributed by atoms with Crippen LogP contribution >= 0.6 is 12.4 Å². The minimum absolute atomic E-state index is 0. The number of hydrogen-bond acceptors (Lipinski definition) is 2. The van der Waals surface area contributed by atoms with Crippen LogP contribution in [0.15, 0.2) is 48.5 Å². The Morgan fingerprint density at radius 2 is 1.63 bits per heavy atom. The molecule has 1 amide bonds. The van der Waals surface area contributed by atoms with Crippen LogP contribution in [0.2, 0.25) is 0 Å². The molecule has 2 aromatic carbocycles. The molecule has 2 aliphatic rings. The van der Waals surface area contributed by atoms with Crippen LogP contribution in [0.3, 0.4) is 0 Å². The van der Waals surface area contributed by atoms with Crippen LogP contribution in [0.25, 0.3) is 22.2 Å². The van der Waals surface area contributed by atoms with Gasteiger partial charge in [0.2, 0.25) is 0 Å². The molecule has 1 N–H and O–H groups in total. The molecule has 5 rings (SSSR count). The molecular formula is C24H27ClFN3O. The van der Waals surface area contributed by atoms with Crippen LogP contribution in [0.1, 0.15) is 36.0 Å². The van der Waals surface area contributed by atoms with Gasteiger partial charge >= 0.3 is 0 Å². The quantitative estimate of drug-likeness (QED) is 0.654. The lowest BCUT2D eigenvalue weighted by molar-refractivity contribution is 0.0884. The molecule has 0 radical (unpaired) electrons. The third-order valence-electron chi connectivity index (χ3n) is 6.89. The lowest BCUT2D eigenvalue weighted by atomic mass is 9.97. The minimum atomic E-state index is -0.277. The molecule has 0 unspecified atom stereocenters. The summed E-state index contributed by atoms with van der Waals surface area (Å²) in [6.07, 6.45) is 4.47. The van der Waals surface area contributed by atoms with E-state index >= 15 is 0 Å². The maximum absolute atomic E-state index is 13.5. The molecular weight excluding hydrogens is 401 g/mol. The first kappa shape index (κ1) is 20.9. The van der Waals surface area contributed by atoms with E-state index in [0.717, 1.165) is 35.0 Å². The van der Waals surface area contributed by atoms with Gasteiger partial charge in [0.25, 0.3) is 5.91 Å². The largest absolute Gasteiger partial charge is 0.349 e. The Balaban J connectivity index is 0.00000218. The van der Waals surface area contributed by atoms with Crippen molar-refractivity contribution in [1.82, 2.24) is 14.8 Å². The first-order valence-electron chi connectivity index (χ1n) is 10.4. The van der Waals surface area contributed by atoms with Crippen molar-refractivity contribution in [2.45, 2.75) is 43.8 Å². The summed E-state index contributed by atoms with van der Waals surface area (Å²) >= 11 is 0. The number of carbonyl (C=O) groups excluding carboxylic acids is 1. The van der Waals surface area contributed by atoms with Crippen LogP contribution in [0, 0.1) is 5.82 Å². The summed E-state index contributed by atoms with van der Waals surface area (Å²) in [4.78, 5) is 16.0. The highest BCUT2D eigenvalue weighted by Gasteiger charge is 2.39. The van der Waals surface area contributed by atoms with E-state index in [1.54, 1.807) is 12.1 Å². The molecule has 30 heavy (non-hydrogen) atoms. The van der Waals surface area contributed by atoms with Gasteiger partial charge in [0, 0.05) is 36.1 Å². The summed E-state index contributed by atoms with van der Waals surface area (Å²) in [5.41, 5.74) is 3.36. The molecule has 2 aliphatic heterocycles. The van der Waals surface area contributed by atoms with Crippen LogP contribution in [0.4, 0.5) is 4.39 Å². The van der Waals surface area contributed by atoms with Gasteiger partial charge in [-0.3, -0.25) is 4.79 Å². The Morgan fingerprint density at radius 1 is 1.00 bits per heavy atom. The van der Waals surface area contributed by atoms with Crippen molar-refractivity contribution in [1.29, 1.82) is 0 Å². The lowest BCUT2D eigenvalue weighted by Gasteiger charge is -2.36. The molecule has 0 saturated carbocycles. The van der Waals surface area contributed by atoms with Crippen LogP contribution in [0.5, 0.6) is 0 Å². The normalized spacial score (nSPS) is 23.4. The molecule has 3 aromatic rings. The van der Waals surface area contributed by atoms with E-state index in [2.05, 4.69) is 17.3 Å². The first-order chi connectivity index (χ1) is 14.0. The highest BCUT2D eigenvalue weighted by atomic mass is 35.5. The van der Waals surface area contributed by atoms with Gasteiger partial charge in [-0.25, -0.2) is 4.39 Å². The molecule has 0 spiro atoms. The molecule has 2 bridgehead atoms. The molecule has 3 atom stereocenters. The number of aryl methyl sites for hydroxylation is 1. The fraction of sp³-hybridized carbons (Fsp3) is 0.375. The Kier molecular flexibility index (Phi) is 5.60. The van der Waals surface area contributed by atoms with Gasteiger partial charge in [-0.2, -0.15) is 0 Å². The Labute approximate surface area is 182 Å². The maximum atomic E-state index is 13.5. The highest BCUT2D eigenvalue weighted by molar-refractivity contribution is 6.12. The van der Waals surface area contributed by atoms with E-state index in [9.17, 15) is 9.18 Å². The molecule has 1 aromatic heterocycles. The molecule has 4 nitrogen and oxygen atoms in total. The number of nitrogens with zero attached hydrogens (tertiary/aromatic N) is 2.